The molecular formula is C10H13N5S. The van der Waals surface area contributed by atoms with Crippen LogP contribution in [-0.2, 0) is 0 Å². The smallest absolute Gasteiger partial charge is 0.245 e. The molecule has 0 aliphatic carbocycles. The molecule has 0 amide bonds. The van der Waals surface area contributed by atoms with Gasteiger partial charge in [-0.25, -0.2) is 0 Å². The Labute approximate surface area is 97.5 Å². The summed E-state index contributed by atoms with van der Waals surface area (Å²) in [5.74, 6) is 1.67. The quantitative estimate of drug-likeness (QED) is 0.813. The number of piperazine rings is 1. The third-order valence-corrected chi connectivity index (χ3v) is 3.50. The highest BCUT2D eigenvalue weighted by molar-refractivity contribution is 7.13. The van der Waals surface area contributed by atoms with E-state index in [-0.39, 0.29) is 0 Å². The van der Waals surface area contributed by atoms with Crippen LogP contribution in [0.15, 0.2) is 17.5 Å². The third-order valence-electron chi connectivity index (χ3n) is 2.63. The van der Waals surface area contributed by atoms with Crippen molar-refractivity contribution in [3.05, 3.63) is 17.5 Å². The fourth-order valence-corrected chi connectivity index (χ4v) is 2.45. The van der Waals surface area contributed by atoms with Crippen LogP contribution in [-0.4, -0.2) is 41.4 Å². The number of nitrogens with zero attached hydrogens (tertiary/aromatic N) is 3. The first-order valence-corrected chi connectivity index (χ1v) is 6.23. The molecule has 1 aliphatic rings. The zero-order valence-corrected chi connectivity index (χ0v) is 9.63. The Morgan fingerprint density at radius 1 is 1.31 bits per heavy atom. The van der Waals surface area contributed by atoms with Crippen molar-refractivity contribution in [3.8, 4) is 10.7 Å². The van der Waals surface area contributed by atoms with E-state index >= 15 is 0 Å². The monoisotopic (exact) mass is 235 g/mol. The Bertz CT molecular complexity index is 443. The second-order valence-electron chi connectivity index (χ2n) is 3.70. The van der Waals surface area contributed by atoms with E-state index in [1.807, 2.05) is 17.5 Å². The maximum atomic E-state index is 4.52. The van der Waals surface area contributed by atoms with Gasteiger partial charge in [0.05, 0.1) is 4.88 Å². The largest absolute Gasteiger partial charge is 0.337 e. The molecule has 84 valence electrons. The minimum Gasteiger partial charge on any atom is -0.337 e. The van der Waals surface area contributed by atoms with Gasteiger partial charge < -0.3 is 10.2 Å². The predicted octanol–water partition coefficient (Wildman–Crippen LogP) is 0.943. The lowest BCUT2D eigenvalue weighted by atomic mass is 10.4. The number of aromatic nitrogens is 3. The molecule has 5 nitrogen and oxygen atoms in total. The Morgan fingerprint density at radius 3 is 2.94 bits per heavy atom. The molecule has 0 atom stereocenters. The minimum absolute atomic E-state index is 0.810. The zero-order valence-electron chi connectivity index (χ0n) is 8.81. The number of hydrogen-bond donors (Lipinski definition) is 2. The molecule has 1 aliphatic heterocycles. The van der Waals surface area contributed by atoms with Crippen LogP contribution >= 0.6 is 11.3 Å². The summed E-state index contributed by atoms with van der Waals surface area (Å²) in [6.07, 6.45) is 0. The zero-order chi connectivity index (χ0) is 10.8. The molecule has 6 heteroatoms. The molecule has 2 N–H and O–H groups in total. The Balaban J connectivity index is 1.82. The van der Waals surface area contributed by atoms with Gasteiger partial charge >= 0.3 is 0 Å². The lowest BCUT2D eigenvalue weighted by molar-refractivity contribution is 0.580. The molecule has 0 radical (unpaired) electrons. The molecule has 3 heterocycles. The summed E-state index contributed by atoms with van der Waals surface area (Å²) in [5.41, 5.74) is 0. The molecule has 2 aromatic rings. The summed E-state index contributed by atoms with van der Waals surface area (Å²) in [6, 6.07) is 4.07. The second-order valence-corrected chi connectivity index (χ2v) is 4.65. The minimum atomic E-state index is 0.810. The average molecular weight is 235 g/mol. The van der Waals surface area contributed by atoms with Gasteiger partial charge in [0.1, 0.15) is 0 Å². The van der Waals surface area contributed by atoms with Gasteiger partial charge in [-0.15, -0.1) is 16.4 Å². The van der Waals surface area contributed by atoms with E-state index in [0.29, 0.717) is 0 Å². The fraction of sp³-hybridized carbons (Fsp3) is 0.400. The van der Waals surface area contributed by atoms with Crippen molar-refractivity contribution in [3.63, 3.8) is 0 Å². The molecule has 16 heavy (non-hydrogen) atoms. The van der Waals surface area contributed by atoms with E-state index in [9.17, 15) is 0 Å². The Morgan fingerprint density at radius 2 is 2.19 bits per heavy atom. The summed E-state index contributed by atoms with van der Waals surface area (Å²) in [6.45, 7) is 3.95. The molecular weight excluding hydrogens is 222 g/mol. The average Bonchev–Trinajstić information content (AvgIpc) is 3.01. The first-order valence-electron chi connectivity index (χ1n) is 5.35. The fourth-order valence-electron chi connectivity index (χ4n) is 1.78. The van der Waals surface area contributed by atoms with Crippen LogP contribution < -0.4 is 10.2 Å². The van der Waals surface area contributed by atoms with E-state index < -0.39 is 0 Å². The number of anilines is 1. The van der Waals surface area contributed by atoms with Gasteiger partial charge in [0.25, 0.3) is 0 Å². The lowest BCUT2D eigenvalue weighted by Gasteiger charge is -2.25. The lowest BCUT2D eigenvalue weighted by Crippen LogP contribution is -2.44. The highest BCUT2D eigenvalue weighted by Crippen LogP contribution is 2.22. The van der Waals surface area contributed by atoms with Gasteiger partial charge in [0.15, 0.2) is 5.82 Å². The summed E-state index contributed by atoms with van der Waals surface area (Å²) >= 11 is 1.67. The first-order chi connectivity index (χ1) is 7.93. The predicted molar refractivity (Wildman–Crippen MR) is 64.8 cm³/mol. The highest BCUT2D eigenvalue weighted by Gasteiger charge is 2.15. The maximum Gasteiger partial charge on any atom is 0.245 e. The van der Waals surface area contributed by atoms with Crippen LogP contribution in [0.5, 0.6) is 0 Å². The van der Waals surface area contributed by atoms with Crippen LogP contribution in [0.25, 0.3) is 10.7 Å². The first kappa shape index (κ1) is 9.80. The van der Waals surface area contributed by atoms with Crippen LogP contribution in [0.1, 0.15) is 0 Å². The van der Waals surface area contributed by atoms with Gasteiger partial charge in [-0.05, 0) is 11.4 Å². The van der Waals surface area contributed by atoms with Crippen LogP contribution in [0.2, 0.25) is 0 Å². The van der Waals surface area contributed by atoms with Crippen molar-refractivity contribution in [2.75, 3.05) is 31.1 Å². The van der Waals surface area contributed by atoms with Crippen molar-refractivity contribution in [2.45, 2.75) is 0 Å². The van der Waals surface area contributed by atoms with Crippen LogP contribution in [0.4, 0.5) is 5.95 Å². The third kappa shape index (κ3) is 1.81. The molecule has 0 unspecified atom stereocenters. The van der Waals surface area contributed by atoms with Crippen LogP contribution in [0, 0.1) is 0 Å². The maximum absolute atomic E-state index is 4.52. The van der Waals surface area contributed by atoms with Gasteiger partial charge in [0, 0.05) is 26.2 Å². The molecule has 2 aromatic heterocycles. The molecule has 1 saturated heterocycles. The number of aromatic amines is 1. The number of hydrogen-bond acceptors (Lipinski definition) is 5. The van der Waals surface area contributed by atoms with Gasteiger partial charge in [0.2, 0.25) is 5.95 Å². The highest BCUT2D eigenvalue weighted by atomic mass is 32.1. The number of nitrogens with one attached hydrogen (secondary N) is 2. The number of thiophene rings is 1. The van der Waals surface area contributed by atoms with Crippen molar-refractivity contribution >= 4 is 17.3 Å². The standard InChI is InChI=1S/C10H13N5S/c1-2-8(16-7-1)9-12-10(14-13-9)15-5-3-11-4-6-15/h1-2,7,11H,3-6H2,(H,12,13,14). The van der Waals surface area contributed by atoms with Crippen molar-refractivity contribution in [1.82, 2.24) is 20.5 Å². The van der Waals surface area contributed by atoms with Crippen molar-refractivity contribution in [2.24, 2.45) is 0 Å². The van der Waals surface area contributed by atoms with E-state index in [0.717, 1.165) is 42.8 Å². The molecule has 0 aromatic carbocycles. The van der Waals surface area contributed by atoms with E-state index in [2.05, 4.69) is 25.4 Å². The number of rotatable bonds is 2. The normalized spacial score (nSPS) is 16.6. The molecule has 0 bridgehead atoms. The van der Waals surface area contributed by atoms with E-state index in [4.69, 9.17) is 0 Å². The van der Waals surface area contributed by atoms with Crippen molar-refractivity contribution < 1.29 is 0 Å². The summed E-state index contributed by atoms with van der Waals surface area (Å²) in [4.78, 5) is 7.85. The molecule has 3 rings (SSSR count). The second kappa shape index (κ2) is 4.23. The van der Waals surface area contributed by atoms with Crippen LogP contribution in [0.3, 0.4) is 0 Å². The summed E-state index contributed by atoms with van der Waals surface area (Å²) < 4.78 is 0. The Kier molecular flexibility index (Phi) is 2.59. The van der Waals surface area contributed by atoms with E-state index in [1.54, 1.807) is 11.3 Å². The van der Waals surface area contributed by atoms with Gasteiger partial charge in [-0.1, -0.05) is 6.07 Å². The topological polar surface area (TPSA) is 56.8 Å². The molecule has 0 spiro atoms. The van der Waals surface area contributed by atoms with Gasteiger partial charge in [-0.2, -0.15) is 4.98 Å². The van der Waals surface area contributed by atoms with Gasteiger partial charge in [-0.3, -0.25) is 5.10 Å². The molecule has 0 saturated carbocycles. The van der Waals surface area contributed by atoms with E-state index in [1.165, 1.54) is 0 Å². The van der Waals surface area contributed by atoms with Crippen molar-refractivity contribution in [1.29, 1.82) is 0 Å². The molecule has 1 fully saturated rings. The number of H-pyrrole nitrogens is 1. The Hall–Kier alpha value is -1.40. The SMILES string of the molecule is c1csc(-c2nc(N3CCNCC3)n[nH]2)c1. The summed E-state index contributed by atoms with van der Waals surface area (Å²) in [7, 11) is 0. The summed E-state index contributed by atoms with van der Waals surface area (Å²) in [5, 5.41) is 12.6.